The van der Waals surface area contributed by atoms with Crippen LogP contribution in [0, 0.1) is 0 Å². The van der Waals surface area contributed by atoms with Gasteiger partial charge in [0.1, 0.15) is 6.10 Å². The lowest BCUT2D eigenvalue weighted by Gasteiger charge is -2.26. The van der Waals surface area contributed by atoms with E-state index in [4.69, 9.17) is 0 Å². The van der Waals surface area contributed by atoms with E-state index >= 15 is 0 Å². The molecule has 3 rings (SSSR count). The lowest BCUT2D eigenvalue weighted by molar-refractivity contribution is 0.219. The first-order chi connectivity index (χ1) is 9.24. The summed E-state index contributed by atoms with van der Waals surface area (Å²) in [6.45, 7) is 0. The van der Waals surface area contributed by atoms with E-state index in [1.807, 2.05) is 18.2 Å². The molecule has 1 saturated carbocycles. The van der Waals surface area contributed by atoms with Crippen molar-refractivity contribution in [3.8, 4) is 0 Å². The molecule has 1 aromatic carbocycles. The Morgan fingerprint density at radius 2 is 2.00 bits per heavy atom. The van der Waals surface area contributed by atoms with E-state index in [1.54, 1.807) is 12.4 Å². The Morgan fingerprint density at radius 1 is 1.16 bits per heavy atom. The van der Waals surface area contributed by atoms with Crippen LogP contribution >= 0.6 is 15.9 Å². The molecular weight excluding hydrogens is 302 g/mol. The first kappa shape index (κ1) is 12.8. The maximum absolute atomic E-state index is 10.5. The van der Waals surface area contributed by atoms with Gasteiger partial charge in [0, 0.05) is 22.4 Å². The van der Waals surface area contributed by atoms with Crippen LogP contribution in [0.1, 0.15) is 48.0 Å². The lowest BCUT2D eigenvalue weighted by atomic mass is 9.79. The number of hydrogen-bond donors (Lipinski definition) is 1. The summed E-state index contributed by atoms with van der Waals surface area (Å²) in [6.07, 6.45) is 6.71. The SMILES string of the molecule is OC(c1cncc(Br)c1)c1cccc(C2CCC2)c1. The van der Waals surface area contributed by atoms with E-state index < -0.39 is 6.10 Å². The summed E-state index contributed by atoms with van der Waals surface area (Å²) in [6, 6.07) is 10.2. The van der Waals surface area contributed by atoms with Crippen molar-refractivity contribution in [2.75, 3.05) is 0 Å². The van der Waals surface area contributed by atoms with Crippen molar-refractivity contribution >= 4 is 15.9 Å². The second kappa shape index (κ2) is 5.43. The van der Waals surface area contributed by atoms with Crippen molar-refractivity contribution < 1.29 is 5.11 Å². The number of rotatable bonds is 3. The zero-order valence-electron chi connectivity index (χ0n) is 10.6. The lowest BCUT2D eigenvalue weighted by Crippen LogP contribution is -2.09. The zero-order chi connectivity index (χ0) is 13.2. The third-order valence-electron chi connectivity index (χ3n) is 3.84. The van der Waals surface area contributed by atoms with E-state index in [9.17, 15) is 5.11 Å². The molecule has 1 N–H and O–H groups in total. The van der Waals surface area contributed by atoms with Gasteiger partial charge >= 0.3 is 0 Å². The van der Waals surface area contributed by atoms with Crippen molar-refractivity contribution in [2.24, 2.45) is 0 Å². The monoisotopic (exact) mass is 317 g/mol. The fraction of sp³-hybridized carbons (Fsp3) is 0.312. The van der Waals surface area contributed by atoms with Crippen molar-refractivity contribution in [2.45, 2.75) is 31.3 Å². The summed E-state index contributed by atoms with van der Waals surface area (Å²) < 4.78 is 0.888. The number of aliphatic hydroxyl groups is 1. The minimum Gasteiger partial charge on any atom is -0.384 e. The number of hydrogen-bond acceptors (Lipinski definition) is 2. The highest BCUT2D eigenvalue weighted by Crippen LogP contribution is 2.37. The molecule has 0 saturated heterocycles. The molecule has 0 amide bonds. The molecule has 1 fully saturated rings. The van der Waals surface area contributed by atoms with Gasteiger partial charge in [-0.1, -0.05) is 30.7 Å². The Morgan fingerprint density at radius 3 is 2.68 bits per heavy atom. The van der Waals surface area contributed by atoms with Gasteiger partial charge in [-0.05, 0) is 51.9 Å². The molecule has 19 heavy (non-hydrogen) atoms. The third kappa shape index (κ3) is 2.72. The van der Waals surface area contributed by atoms with Crippen molar-refractivity contribution in [3.63, 3.8) is 0 Å². The minimum atomic E-state index is -0.606. The largest absolute Gasteiger partial charge is 0.384 e. The van der Waals surface area contributed by atoms with E-state index in [0.717, 1.165) is 15.6 Å². The molecule has 1 heterocycles. The van der Waals surface area contributed by atoms with Gasteiger partial charge in [0.05, 0.1) is 0 Å². The maximum atomic E-state index is 10.5. The first-order valence-electron chi connectivity index (χ1n) is 6.62. The number of nitrogens with zero attached hydrogens (tertiary/aromatic N) is 1. The molecule has 0 bridgehead atoms. The topological polar surface area (TPSA) is 33.1 Å². The van der Waals surface area contributed by atoms with Crippen LogP contribution < -0.4 is 0 Å². The van der Waals surface area contributed by atoms with Gasteiger partial charge < -0.3 is 5.11 Å². The molecule has 98 valence electrons. The highest BCUT2D eigenvalue weighted by atomic mass is 79.9. The van der Waals surface area contributed by atoms with Crippen LogP contribution in [-0.2, 0) is 0 Å². The van der Waals surface area contributed by atoms with E-state index in [1.165, 1.54) is 24.8 Å². The summed E-state index contributed by atoms with van der Waals surface area (Å²) in [5, 5.41) is 10.5. The normalized spacial score (nSPS) is 16.9. The molecule has 3 heteroatoms. The first-order valence-corrected chi connectivity index (χ1v) is 7.42. The highest BCUT2D eigenvalue weighted by Gasteiger charge is 2.20. The van der Waals surface area contributed by atoms with Gasteiger partial charge in [-0.25, -0.2) is 0 Å². The van der Waals surface area contributed by atoms with Gasteiger partial charge in [-0.15, -0.1) is 0 Å². The van der Waals surface area contributed by atoms with E-state index in [0.29, 0.717) is 5.92 Å². The number of halogens is 1. The number of pyridine rings is 1. The van der Waals surface area contributed by atoms with Crippen LogP contribution in [-0.4, -0.2) is 10.1 Å². The molecule has 1 aliphatic carbocycles. The molecule has 1 aliphatic rings. The predicted molar refractivity (Wildman–Crippen MR) is 79.0 cm³/mol. The molecule has 0 radical (unpaired) electrons. The van der Waals surface area contributed by atoms with E-state index in [2.05, 4.69) is 33.0 Å². The Balaban J connectivity index is 1.88. The summed E-state index contributed by atoms with van der Waals surface area (Å²) >= 11 is 3.39. The van der Waals surface area contributed by atoms with Crippen molar-refractivity contribution in [3.05, 3.63) is 63.9 Å². The second-order valence-electron chi connectivity index (χ2n) is 5.14. The second-order valence-corrected chi connectivity index (χ2v) is 6.05. The molecule has 1 aromatic heterocycles. The minimum absolute atomic E-state index is 0.606. The standard InChI is InChI=1S/C16H16BrNO/c17-15-8-14(9-18-10-15)16(19)13-6-2-5-12(7-13)11-3-1-4-11/h2,5-11,16,19H,1,3-4H2. The summed E-state index contributed by atoms with van der Waals surface area (Å²) in [5.41, 5.74) is 3.12. The Labute approximate surface area is 121 Å². The van der Waals surface area contributed by atoms with Crippen LogP contribution in [0.5, 0.6) is 0 Å². The summed E-state index contributed by atoms with van der Waals surface area (Å²) in [4.78, 5) is 4.11. The number of benzene rings is 1. The van der Waals surface area contributed by atoms with Crippen LogP contribution in [0.3, 0.4) is 0 Å². The molecule has 2 nitrogen and oxygen atoms in total. The predicted octanol–water partition coefficient (Wildman–Crippen LogP) is 4.19. The molecular formula is C16H16BrNO. The van der Waals surface area contributed by atoms with Gasteiger partial charge in [0.15, 0.2) is 0 Å². The van der Waals surface area contributed by atoms with Gasteiger partial charge in [-0.3, -0.25) is 4.98 Å². The van der Waals surface area contributed by atoms with Crippen LogP contribution in [0.15, 0.2) is 47.2 Å². The van der Waals surface area contributed by atoms with Crippen molar-refractivity contribution in [1.29, 1.82) is 0 Å². The van der Waals surface area contributed by atoms with Crippen LogP contribution in [0.2, 0.25) is 0 Å². The van der Waals surface area contributed by atoms with E-state index in [-0.39, 0.29) is 0 Å². The Bertz CT molecular complexity index is 580. The molecule has 1 unspecified atom stereocenters. The Kier molecular flexibility index (Phi) is 3.67. The quantitative estimate of drug-likeness (QED) is 0.920. The van der Waals surface area contributed by atoms with Crippen LogP contribution in [0.4, 0.5) is 0 Å². The van der Waals surface area contributed by atoms with Crippen molar-refractivity contribution in [1.82, 2.24) is 4.98 Å². The summed E-state index contributed by atoms with van der Waals surface area (Å²) in [5.74, 6) is 0.688. The average molecular weight is 318 g/mol. The maximum Gasteiger partial charge on any atom is 0.106 e. The fourth-order valence-electron chi connectivity index (χ4n) is 2.49. The Hall–Kier alpha value is -1.19. The van der Waals surface area contributed by atoms with Crippen LogP contribution in [0.25, 0.3) is 0 Å². The fourth-order valence-corrected chi connectivity index (χ4v) is 2.88. The highest BCUT2D eigenvalue weighted by molar-refractivity contribution is 9.10. The molecule has 2 aromatic rings. The van der Waals surface area contributed by atoms with Gasteiger partial charge in [0.2, 0.25) is 0 Å². The zero-order valence-corrected chi connectivity index (χ0v) is 12.2. The molecule has 0 aliphatic heterocycles. The van der Waals surface area contributed by atoms with Gasteiger partial charge in [0.25, 0.3) is 0 Å². The average Bonchev–Trinajstić information content (AvgIpc) is 2.36. The van der Waals surface area contributed by atoms with Gasteiger partial charge in [-0.2, -0.15) is 0 Å². The summed E-state index contributed by atoms with van der Waals surface area (Å²) in [7, 11) is 0. The molecule has 0 spiro atoms. The number of aromatic nitrogens is 1. The smallest absolute Gasteiger partial charge is 0.106 e. The third-order valence-corrected chi connectivity index (χ3v) is 4.28. The molecule has 1 atom stereocenters. The number of aliphatic hydroxyl groups excluding tert-OH is 1.